The van der Waals surface area contributed by atoms with E-state index in [9.17, 15) is 4.79 Å². The van der Waals surface area contributed by atoms with Crippen LogP contribution in [0.4, 0.5) is 11.5 Å². The van der Waals surface area contributed by atoms with Crippen molar-refractivity contribution in [1.29, 1.82) is 0 Å². The normalized spacial score (nSPS) is 14.9. The van der Waals surface area contributed by atoms with Crippen molar-refractivity contribution in [1.82, 2.24) is 19.8 Å². The fraction of sp³-hybridized carbons (Fsp3) is 0.381. The molecule has 1 aliphatic rings. The minimum atomic E-state index is -0.0731. The van der Waals surface area contributed by atoms with E-state index in [0.29, 0.717) is 18.1 Å². The Kier molecular flexibility index (Phi) is 5.35. The highest BCUT2D eigenvalue weighted by Crippen LogP contribution is 2.27. The summed E-state index contributed by atoms with van der Waals surface area (Å²) in [4.78, 5) is 16.8. The monoisotopic (exact) mass is 394 g/mol. The number of amides is 1. The van der Waals surface area contributed by atoms with Gasteiger partial charge in [-0.3, -0.25) is 9.69 Å². The number of piperazine rings is 1. The van der Waals surface area contributed by atoms with Gasteiger partial charge in [0.2, 0.25) is 5.91 Å². The first kappa shape index (κ1) is 19.2. The molecular weight excluding hydrogens is 368 g/mol. The van der Waals surface area contributed by atoms with E-state index in [1.807, 2.05) is 22.9 Å². The molecule has 0 atom stereocenters. The van der Waals surface area contributed by atoms with Crippen molar-refractivity contribution in [3.63, 3.8) is 0 Å². The maximum Gasteiger partial charge on any atom is 0.239 e. The van der Waals surface area contributed by atoms with Crippen LogP contribution in [0.15, 0.2) is 40.9 Å². The number of carbonyl (C=O) groups excluding carboxylic acids is 1. The van der Waals surface area contributed by atoms with Gasteiger partial charge in [0.1, 0.15) is 5.76 Å². The molecule has 0 saturated carbocycles. The summed E-state index contributed by atoms with van der Waals surface area (Å²) in [6.07, 6.45) is 0. The smallest absolute Gasteiger partial charge is 0.239 e. The topological polar surface area (TPSA) is 79.4 Å². The van der Waals surface area contributed by atoms with Gasteiger partial charge in [0.25, 0.3) is 0 Å². The molecule has 1 saturated heterocycles. The third kappa shape index (κ3) is 4.17. The van der Waals surface area contributed by atoms with E-state index < -0.39 is 0 Å². The molecule has 8 heteroatoms. The molecular formula is C21H26N6O2. The molecule has 0 aliphatic carbocycles. The molecule has 3 aromatic rings. The Morgan fingerprint density at radius 2 is 1.83 bits per heavy atom. The Balaban J connectivity index is 1.37. The molecule has 152 valence electrons. The van der Waals surface area contributed by atoms with E-state index in [1.165, 1.54) is 5.69 Å². The minimum absolute atomic E-state index is 0.0731. The summed E-state index contributed by atoms with van der Waals surface area (Å²) in [7, 11) is 0. The number of aromatic nitrogens is 3. The van der Waals surface area contributed by atoms with Gasteiger partial charge in [-0.2, -0.15) is 5.10 Å². The van der Waals surface area contributed by atoms with Crippen LogP contribution in [0.2, 0.25) is 0 Å². The van der Waals surface area contributed by atoms with Gasteiger partial charge in [-0.15, -0.1) is 0 Å². The van der Waals surface area contributed by atoms with Crippen LogP contribution in [0.5, 0.6) is 0 Å². The zero-order valence-corrected chi connectivity index (χ0v) is 17.1. The van der Waals surface area contributed by atoms with Gasteiger partial charge in [0, 0.05) is 32.2 Å². The van der Waals surface area contributed by atoms with Crippen molar-refractivity contribution < 1.29 is 9.32 Å². The lowest BCUT2D eigenvalue weighted by Crippen LogP contribution is -2.49. The number of rotatable bonds is 5. The second kappa shape index (κ2) is 8.08. The summed E-state index contributed by atoms with van der Waals surface area (Å²) >= 11 is 0. The Hall–Kier alpha value is -3.13. The number of para-hydroxylation sites is 1. The van der Waals surface area contributed by atoms with Gasteiger partial charge in [-0.05, 0) is 32.9 Å². The highest BCUT2D eigenvalue weighted by Gasteiger charge is 2.24. The summed E-state index contributed by atoms with van der Waals surface area (Å²) in [6.45, 7) is 9.68. The maximum atomic E-state index is 12.2. The third-order valence-corrected chi connectivity index (χ3v) is 5.21. The van der Waals surface area contributed by atoms with Crippen LogP contribution in [0.25, 0.3) is 5.69 Å². The minimum Gasteiger partial charge on any atom is -0.366 e. The highest BCUT2D eigenvalue weighted by atomic mass is 16.5. The molecule has 1 N–H and O–H groups in total. The molecule has 1 fully saturated rings. The SMILES string of the molecule is Cc1cc(NC(=O)CN2CCN(c3c(C)nn(-c4ccccc4)c3C)CC2)no1. The van der Waals surface area contributed by atoms with E-state index in [4.69, 9.17) is 9.62 Å². The Bertz CT molecular complexity index is 986. The average Bonchev–Trinajstić information content (AvgIpc) is 3.25. The van der Waals surface area contributed by atoms with Crippen molar-refractivity contribution >= 4 is 17.4 Å². The van der Waals surface area contributed by atoms with Gasteiger partial charge in [-0.1, -0.05) is 23.4 Å². The van der Waals surface area contributed by atoms with Gasteiger partial charge in [-0.25, -0.2) is 4.68 Å². The van der Waals surface area contributed by atoms with Crippen LogP contribution in [0.3, 0.4) is 0 Å². The molecule has 29 heavy (non-hydrogen) atoms. The van der Waals surface area contributed by atoms with E-state index >= 15 is 0 Å². The summed E-state index contributed by atoms with van der Waals surface area (Å²) in [5.74, 6) is 1.07. The lowest BCUT2D eigenvalue weighted by atomic mass is 10.2. The molecule has 1 aliphatic heterocycles. The van der Waals surface area contributed by atoms with Crippen molar-refractivity contribution in [2.24, 2.45) is 0 Å². The first-order valence-electron chi connectivity index (χ1n) is 9.83. The predicted molar refractivity (Wildman–Crippen MR) is 112 cm³/mol. The van der Waals surface area contributed by atoms with E-state index in [2.05, 4.69) is 46.3 Å². The summed E-state index contributed by atoms with van der Waals surface area (Å²) in [5.41, 5.74) is 4.43. The highest BCUT2D eigenvalue weighted by molar-refractivity contribution is 5.91. The third-order valence-electron chi connectivity index (χ3n) is 5.21. The Morgan fingerprint density at radius 1 is 1.10 bits per heavy atom. The number of benzene rings is 1. The first-order valence-corrected chi connectivity index (χ1v) is 9.83. The van der Waals surface area contributed by atoms with Gasteiger partial charge in [0.05, 0.1) is 29.3 Å². The average molecular weight is 394 g/mol. The van der Waals surface area contributed by atoms with Crippen LogP contribution >= 0.6 is 0 Å². The van der Waals surface area contributed by atoms with Crippen LogP contribution in [-0.2, 0) is 4.79 Å². The maximum absolute atomic E-state index is 12.2. The molecule has 3 heterocycles. The fourth-order valence-electron chi connectivity index (χ4n) is 3.85. The molecule has 0 unspecified atom stereocenters. The second-order valence-corrected chi connectivity index (χ2v) is 7.40. The number of anilines is 2. The number of nitrogens with zero attached hydrogens (tertiary/aromatic N) is 5. The van der Waals surface area contributed by atoms with Crippen LogP contribution in [0, 0.1) is 20.8 Å². The zero-order valence-electron chi connectivity index (χ0n) is 17.1. The van der Waals surface area contributed by atoms with Crippen LogP contribution in [-0.4, -0.2) is 58.5 Å². The van der Waals surface area contributed by atoms with E-state index in [0.717, 1.165) is 43.3 Å². The van der Waals surface area contributed by atoms with Gasteiger partial charge in [0.15, 0.2) is 5.82 Å². The van der Waals surface area contributed by atoms with E-state index in [-0.39, 0.29) is 5.91 Å². The first-order chi connectivity index (χ1) is 14.0. The molecule has 0 bridgehead atoms. The molecule has 8 nitrogen and oxygen atoms in total. The van der Waals surface area contributed by atoms with Crippen LogP contribution in [0.1, 0.15) is 17.1 Å². The van der Waals surface area contributed by atoms with Gasteiger partial charge >= 0.3 is 0 Å². The molecule has 1 amide bonds. The number of nitrogens with one attached hydrogen (secondary N) is 1. The fourth-order valence-corrected chi connectivity index (χ4v) is 3.85. The summed E-state index contributed by atoms with van der Waals surface area (Å²) in [5, 5.41) is 11.3. The summed E-state index contributed by atoms with van der Waals surface area (Å²) in [6, 6.07) is 11.9. The summed E-state index contributed by atoms with van der Waals surface area (Å²) < 4.78 is 6.99. The molecule has 4 rings (SSSR count). The Labute approximate surface area is 170 Å². The number of hydrogen-bond acceptors (Lipinski definition) is 6. The predicted octanol–water partition coefficient (Wildman–Crippen LogP) is 2.55. The molecule has 0 spiro atoms. The van der Waals surface area contributed by atoms with Crippen LogP contribution < -0.4 is 10.2 Å². The molecule has 2 aromatic heterocycles. The van der Waals surface area contributed by atoms with E-state index in [1.54, 1.807) is 13.0 Å². The van der Waals surface area contributed by atoms with Crippen molar-refractivity contribution in [2.45, 2.75) is 20.8 Å². The zero-order chi connectivity index (χ0) is 20.4. The number of aryl methyl sites for hydroxylation is 2. The largest absolute Gasteiger partial charge is 0.366 e. The standard InChI is InChI=1S/C21H26N6O2/c1-15-13-19(24-29-15)22-20(28)14-25-9-11-26(12-10-25)21-16(2)23-27(17(21)3)18-7-5-4-6-8-18/h4-8,13H,9-12,14H2,1-3H3,(H,22,24,28). The quantitative estimate of drug-likeness (QED) is 0.716. The van der Waals surface area contributed by atoms with Gasteiger partial charge < -0.3 is 14.7 Å². The lowest BCUT2D eigenvalue weighted by molar-refractivity contribution is -0.117. The molecule has 0 radical (unpaired) electrons. The van der Waals surface area contributed by atoms with Crippen molar-refractivity contribution in [3.8, 4) is 5.69 Å². The Morgan fingerprint density at radius 3 is 2.48 bits per heavy atom. The van der Waals surface area contributed by atoms with Crippen molar-refractivity contribution in [2.75, 3.05) is 42.9 Å². The van der Waals surface area contributed by atoms with Crippen molar-refractivity contribution in [3.05, 3.63) is 53.5 Å². The number of hydrogen-bond donors (Lipinski definition) is 1. The lowest BCUT2D eigenvalue weighted by Gasteiger charge is -2.35. The number of carbonyl (C=O) groups is 1. The second-order valence-electron chi connectivity index (χ2n) is 7.40. The molecule has 1 aromatic carbocycles.